The molecule has 0 aliphatic carbocycles. The maximum absolute atomic E-state index is 9.26. The Morgan fingerprint density at radius 2 is 0.893 bits per heavy atom. The minimum atomic E-state index is -0.520. The number of benzene rings is 8. The van der Waals surface area contributed by atoms with Gasteiger partial charge in [-0.2, -0.15) is 0 Å². The van der Waals surface area contributed by atoms with E-state index in [0.29, 0.717) is 34.0 Å². The molecule has 0 N–H and O–H groups in total. The molecule has 0 aliphatic rings. The molecule has 0 bridgehead atoms. The van der Waals surface area contributed by atoms with Crippen LogP contribution < -0.4 is 0 Å². The van der Waals surface area contributed by atoms with Gasteiger partial charge in [-0.15, -0.1) is 0 Å². The topological polar surface area (TPSA) is 56.7 Å². The van der Waals surface area contributed by atoms with Gasteiger partial charge in [-0.05, 0) is 64.7 Å². The van der Waals surface area contributed by atoms with Crippen LogP contribution in [0.25, 0.3) is 106 Å². The molecule has 0 aliphatic heterocycles. The summed E-state index contributed by atoms with van der Waals surface area (Å²) < 4.78 is 79.2. The molecule has 5 nitrogen and oxygen atoms in total. The summed E-state index contributed by atoms with van der Waals surface area (Å²) in [6.07, 6.45) is 0. The van der Waals surface area contributed by atoms with Gasteiger partial charge in [0.2, 0.25) is 0 Å². The van der Waals surface area contributed by atoms with Gasteiger partial charge in [0, 0.05) is 38.2 Å². The minimum absolute atomic E-state index is 0.0141. The van der Waals surface area contributed by atoms with Crippen LogP contribution in [-0.2, 0) is 0 Å². The molecule has 3 aromatic heterocycles. The van der Waals surface area contributed by atoms with Gasteiger partial charge >= 0.3 is 0 Å². The summed E-state index contributed by atoms with van der Waals surface area (Å²) in [5.41, 5.74) is 7.19. The van der Waals surface area contributed by atoms with Crippen molar-refractivity contribution in [2.24, 2.45) is 0 Å². The molecule has 0 fully saturated rings. The Bertz CT molecular complexity index is 3630. The maximum Gasteiger partial charge on any atom is 0.166 e. The van der Waals surface area contributed by atoms with E-state index in [4.69, 9.17) is 27.6 Å². The lowest BCUT2D eigenvalue weighted by Crippen LogP contribution is -2.04. The first-order chi connectivity index (χ1) is 31.1. The van der Waals surface area contributed by atoms with Gasteiger partial charge in [-0.25, -0.2) is 15.0 Å². The predicted octanol–water partition coefficient (Wildman–Crippen LogP) is 13.2. The van der Waals surface area contributed by atoms with Crippen molar-refractivity contribution in [1.82, 2.24) is 19.5 Å². The van der Waals surface area contributed by atoms with Crippen LogP contribution in [0.1, 0.15) is 11.0 Å². The van der Waals surface area contributed by atoms with E-state index in [1.54, 1.807) is 6.07 Å². The summed E-state index contributed by atoms with van der Waals surface area (Å²) in [5.74, 6) is 0.961. The van der Waals surface area contributed by atoms with Crippen molar-refractivity contribution in [3.8, 4) is 62.1 Å². The van der Waals surface area contributed by atoms with Crippen molar-refractivity contribution in [3.63, 3.8) is 0 Å². The van der Waals surface area contributed by atoms with Crippen LogP contribution in [0.5, 0.6) is 0 Å². The summed E-state index contributed by atoms with van der Waals surface area (Å²) in [6, 6.07) is 43.1. The number of rotatable bonds is 6. The van der Waals surface area contributed by atoms with Crippen molar-refractivity contribution in [3.05, 3.63) is 194 Å². The second-order valence-corrected chi connectivity index (χ2v) is 13.4. The Morgan fingerprint density at radius 1 is 0.393 bits per heavy atom. The number of hydrogen-bond donors (Lipinski definition) is 0. The van der Waals surface area contributed by atoms with Crippen LogP contribution in [0.15, 0.2) is 198 Å². The van der Waals surface area contributed by atoms with Gasteiger partial charge in [0.05, 0.1) is 27.7 Å². The molecule has 0 amide bonds. The summed E-state index contributed by atoms with van der Waals surface area (Å²) in [7, 11) is 0. The molecule has 0 radical (unpaired) electrons. The second-order valence-electron chi connectivity index (χ2n) is 13.4. The predicted molar refractivity (Wildman–Crippen MR) is 229 cm³/mol. The highest BCUT2D eigenvalue weighted by Gasteiger charge is 2.21. The van der Waals surface area contributed by atoms with Gasteiger partial charge in [-0.1, -0.05) is 152 Å². The molecule has 11 rings (SSSR count). The number of hydrogen-bond acceptors (Lipinski definition) is 4. The highest BCUT2D eigenvalue weighted by molar-refractivity contribution is 6.10. The molecule has 0 atom stereocenters. The first-order valence-corrected chi connectivity index (χ1v) is 18.1. The fourth-order valence-corrected chi connectivity index (χ4v) is 7.44. The molecular formula is C51H32N4O. The van der Waals surface area contributed by atoms with Crippen LogP contribution in [0.2, 0.25) is 0 Å². The second kappa shape index (κ2) is 13.0. The Morgan fingerprint density at radius 3 is 1.61 bits per heavy atom. The first-order valence-electron chi connectivity index (χ1n) is 22.1. The van der Waals surface area contributed by atoms with Crippen molar-refractivity contribution < 1.29 is 15.4 Å². The molecule has 262 valence electrons. The number of para-hydroxylation sites is 3. The summed E-state index contributed by atoms with van der Waals surface area (Å²) in [6.45, 7) is 0. The average Bonchev–Trinajstić information content (AvgIpc) is 3.90. The Balaban J connectivity index is 1.23. The molecule has 0 saturated carbocycles. The van der Waals surface area contributed by atoms with Gasteiger partial charge in [0.1, 0.15) is 11.2 Å². The normalized spacial score (nSPS) is 13.6. The lowest BCUT2D eigenvalue weighted by molar-refractivity contribution is 0.669. The molecular weight excluding hydrogens is 685 g/mol. The number of fused-ring (bicyclic) bond motifs is 6. The zero-order chi connectivity index (χ0) is 44.0. The van der Waals surface area contributed by atoms with E-state index in [9.17, 15) is 2.74 Å². The van der Waals surface area contributed by atoms with Crippen LogP contribution >= 0.6 is 0 Å². The van der Waals surface area contributed by atoms with Gasteiger partial charge in [0.25, 0.3) is 0 Å². The van der Waals surface area contributed by atoms with Crippen molar-refractivity contribution in [1.29, 1.82) is 0 Å². The Labute approximate surface area is 334 Å². The van der Waals surface area contributed by atoms with Gasteiger partial charge in [-0.3, -0.25) is 0 Å². The largest absolute Gasteiger partial charge is 0.456 e. The fraction of sp³-hybridized carbons (Fsp3) is 0. The summed E-state index contributed by atoms with van der Waals surface area (Å²) >= 11 is 0. The molecule has 0 saturated heterocycles. The van der Waals surface area contributed by atoms with Crippen LogP contribution in [0.3, 0.4) is 0 Å². The number of furan rings is 1. The average molecular weight is 725 g/mol. The molecule has 5 heteroatoms. The highest BCUT2D eigenvalue weighted by Crippen LogP contribution is 2.39. The van der Waals surface area contributed by atoms with Crippen molar-refractivity contribution in [2.75, 3.05) is 0 Å². The first kappa shape index (κ1) is 24.6. The Kier molecular flexibility index (Phi) is 5.74. The minimum Gasteiger partial charge on any atom is -0.456 e. The van der Waals surface area contributed by atoms with E-state index in [0.717, 1.165) is 44.2 Å². The molecule has 3 heterocycles. The van der Waals surface area contributed by atoms with E-state index >= 15 is 0 Å². The number of nitrogens with zero attached hydrogens (tertiary/aromatic N) is 4. The lowest BCUT2D eigenvalue weighted by atomic mass is 9.99. The molecule has 0 unspecified atom stereocenters. The van der Waals surface area contributed by atoms with E-state index in [1.807, 2.05) is 140 Å². The molecule has 8 aromatic carbocycles. The quantitative estimate of drug-likeness (QED) is 0.171. The smallest absolute Gasteiger partial charge is 0.166 e. The fourth-order valence-electron chi connectivity index (χ4n) is 7.44. The molecule has 11 aromatic rings. The zero-order valence-corrected chi connectivity index (χ0v) is 29.6. The summed E-state index contributed by atoms with van der Waals surface area (Å²) in [5, 5.41) is 1.89. The summed E-state index contributed by atoms with van der Waals surface area (Å²) in [4.78, 5) is 15.2. The van der Waals surface area contributed by atoms with Crippen LogP contribution in [0.4, 0.5) is 0 Å². The third kappa shape index (κ3) is 5.37. The zero-order valence-electron chi connectivity index (χ0n) is 37.6. The number of aromatic nitrogens is 4. The van der Waals surface area contributed by atoms with Gasteiger partial charge in [0.15, 0.2) is 17.5 Å². The Hall–Kier alpha value is -7.63. The molecule has 0 spiro atoms. The maximum atomic E-state index is 9.26. The standard InChI is InChI=1S/C51H32N4O/c1-3-13-33(14-4-1)34-23-25-36(26-24-34)50-52-49(35-15-5-2-6-16-35)53-51(54-50)43-31-37(38-27-29-42-41-19-9-12-22-47(41)56-48(42)32-38)28-30-46(43)55-44-20-10-7-17-39(44)40-18-8-11-21-45(40)55/h1-32H/i7D,8D,10D,11D,17D,18D,20D,21D. The third-order valence-corrected chi connectivity index (χ3v) is 10.1. The van der Waals surface area contributed by atoms with Crippen LogP contribution in [0, 0.1) is 0 Å². The van der Waals surface area contributed by atoms with E-state index < -0.39 is 48.3 Å². The van der Waals surface area contributed by atoms with E-state index in [-0.39, 0.29) is 27.6 Å². The van der Waals surface area contributed by atoms with Crippen LogP contribution in [-0.4, -0.2) is 19.5 Å². The SMILES string of the molecule is [2H]c1c([2H])c([2H])c2c(c1[2H])c1c([2H])c([2H])c([2H])c([2H])c1n2-c1ccc(-c2ccc3c(c2)oc2ccccc23)cc1-c1nc(-c2ccccc2)nc(-c2ccc(-c3ccccc3)cc2)n1. The monoisotopic (exact) mass is 724 g/mol. The molecule has 56 heavy (non-hydrogen) atoms. The van der Waals surface area contributed by atoms with Gasteiger partial charge < -0.3 is 8.98 Å². The van der Waals surface area contributed by atoms with Crippen molar-refractivity contribution in [2.45, 2.75) is 0 Å². The highest BCUT2D eigenvalue weighted by atomic mass is 16.3. The third-order valence-electron chi connectivity index (χ3n) is 10.1. The van der Waals surface area contributed by atoms with E-state index in [2.05, 4.69) is 0 Å². The van der Waals surface area contributed by atoms with E-state index in [1.165, 1.54) is 4.57 Å². The lowest BCUT2D eigenvalue weighted by Gasteiger charge is -2.16. The van der Waals surface area contributed by atoms with Crippen molar-refractivity contribution >= 4 is 43.7 Å².